The minimum Gasteiger partial charge on any atom is -0.367 e. The summed E-state index contributed by atoms with van der Waals surface area (Å²) in [5, 5.41) is 1.75. The molecule has 4 rings (SSSR count). The number of hydrogen-bond acceptors (Lipinski definition) is 4. The lowest BCUT2D eigenvalue weighted by atomic mass is 9.91. The van der Waals surface area contributed by atoms with Crippen LogP contribution in [-0.4, -0.2) is 42.1 Å². The molecule has 2 N–H and O–H groups in total. The van der Waals surface area contributed by atoms with Crippen molar-refractivity contribution in [1.29, 1.82) is 0 Å². The predicted molar refractivity (Wildman–Crippen MR) is 101 cm³/mol. The lowest BCUT2D eigenvalue weighted by molar-refractivity contribution is 0.120. The standard InChI is InChI=1S/C19H25ClN4/c1-13(21)16-12-17(20)15-6-3-7-22-18(15)19(16)24-10-8-23(9-11-24)14-4-2-5-14/h3,6-7,12-14H,2,4-5,8-11,21H2,1H3. The Morgan fingerprint density at radius 3 is 2.62 bits per heavy atom. The maximum Gasteiger partial charge on any atom is 0.0953 e. The van der Waals surface area contributed by atoms with Crippen LogP contribution >= 0.6 is 11.6 Å². The van der Waals surface area contributed by atoms with E-state index in [-0.39, 0.29) is 6.04 Å². The van der Waals surface area contributed by atoms with Crippen molar-refractivity contribution in [2.24, 2.45) is 5.73 Å². The molecule has 4 nitrogen and oxygen atoms in total. The molecule has 2 aromatic rings. The summed E-state index contributed by atoms with van der Waals surface area (Å²) in [6.45, 7) is 6.33. The van der Waals surface area contributed by atoms with E-state index in [4.69, 9.17) is 17.3 Å². The summed E-state index contributed by atoms with van der Waals surface area (Å²) >= 11 is 6.49. The van der Waals surface area contributed by atoms with Crippen molar-refractivity contribution < 1.29 is 0 Å². The number of aromatic nitrogens is 1. The highest BCUT2D eigenvalue weighted by Gasteiger charge is 2.29. The van der Waals surface area contributed by atoms with Gasteiger partial charge in [-0.15, -0.1) is 0 Å². The molecule has 1 unspecified atom stereocenters. The van der Waals surface area contributed by atoms with Crippen LogP contribution in [0.15, 0.2) is 24.4 Å². The number of pyridine rings is 1. The normalized spacial score (nSPS) is 21.0. The maximum absolute atomic E-state index is 6.49. The van der Waals surface area contributed by atoms with E-state index in [9.17, 15) is 0 Å². The summed E-state index contributed by atoms with van der Waals surface area (Å²) in [5.41, 5.74) is 9.52. The van der Waals surface area contributed by atoms with E-state index in [0.717, 1.165) is 53.7 Å². The number of nitrogens with zero attached hydrogens (tertiary/aromatic N) is 3. The van der Waals surface area contributed by atoms with Crippen LogP contribution < -0.4 is 10.6 Å². The van der Waals surface area contributed by atoms with Crippen molar-refractivity contribution in [3.8, 4) is 0 Å². The van der Waals surface area contributed by atoms with Crippen LogP contribution in [0.2, 0.25) is 5.02 Å². The number of halogens is 1. The highest BCUT2D eigenvalue weighted by molar-refractivity contribution is 6.36. The fourth-order valence-electron chi connectivity index (χ4n) is 3.95. The Kier molecular flexibility index (Phi) is 4.37. The molecule has 0 bridgehead atoms. The van der Waals surface area contributed by atoms with Crippen LogP contribution in [0.1, 0.15) is 37.8 Å². The lowest BCUT2D eigenvalue weighted by Gasteiger charge is -2.44. The molecule has 0 amide bonds. The van der Waals surface area contributed by atoms with Crippen LogP contribution in [0.3, 0.4) is 0 Å². The monoisotopic (exact) mass is 344 g/mol. The first-order chi connectivity index (χ1) is 11.6. The van der Waals surface area contributed by atoms with Gasteiger partial charge in [0.05, 0.1) is 16.2 Å². The van der Waals surface area contributed by atoms with Crippen molar-refractivity contribution in [3.63, 3.8) is 0 Å². The maximum atomic E-state index is 6.49. The highest BCUT2D eigenvalue weighted by Crippen LogP contribution is 2.38. The van der Waals surface area contributed by atoms with Crippen molar-refractivity contribution in [1.82, 2.24) is 9.88 Å². The van der Waals surface area contributed by atoms with Gasteiger partial charge in [-0.25, -0.2) is 0 Å². The minimum atomic E-state index is -0.0615. The Morgan fingerprint density at radius 2 is 2.00 bits per heavy atom. The Hall–Kier alpha value is -1.36. The largest absolute Gasteiger partial charge is 0.367 e. The average Bonchev–Trinajstić information content (AvgIpc) is 2.54. The summed E-state index contributed by atoms with van der Waals surface area (Å²) < 4.78 is 0. The topological polar surface area (TPSA) is 45.4 Å². The quantitative estimate of drug-likeness (QED) is 0.924. The summed E-state index contributed by atoms with van der Waals surface area (Å²) in [5.74, 6) is 0. The first-order valence-corrected chi connectivity index (χ1v) is 9.34. The van der Waals surface area contributed by atoms with Crippen molar-refractivity contribution in [3.05, 3.63) is 35.0 Å². The van der Waals surface area contributed by atoms with E-state index in [1.54, 1.807) is 0 Å². The first-order valence-electron chi connectivity index (χ1n) is 8.97. The van der Waals surface area contributed by atoms with Gasteiger partial charge in [-0.3, -0.25) is 9.88 Å². The lowest BCUT2D eigenvalue weighted by Crippen LogP contribution is -2.52. The number of piperazine rings is 1. The molecule has 0 spiro atoms. The molecule has 128 valence electrons. The van der Waals surface area contributed by atoms with Crippen LogP contribution in [0.25, 0.3) is 10.9 Å². The van der Waals surface area contributed by atoms with Gasteiger partial charge in [0.15, 0.2) is 0 Å². The number of rotatable bonds is 3. The molecule has 0 radical (unpaired) electrons. The number of benzene rings is 1. The average molecular weight is 345 g/mol. The van der Waals surface area contributed by atoms with Gasteiger partial charge in [0, 0.05) is 49.8 Å². The number of nitrogens with two attached hydrogens (primary N) is 1. The molecule has 1 saturated carbocycles. The zero-order valence-electron chi connectivity index (χ0n) is 14.2. The molecule has 1 saturated heterocycles. The minimum absolute atomic E-state index is 0.0615. The highest BCUT2D eigenvalue weighted by atomic mass is 35.5. The molecular weight excluding hydrogens is 320 g/mol. The third-order valence-corrected chi connectivity index (χ3v) is 5.87. The third-order valence-electron chi connectivity index (χ3n) is 5.56. The van der Waals surface area contributed by atoms with Crippen LogP contribution in [-0.2, 0) is 0 Å². The van der Waals surface area contributed by atoms with Gasteiger partial charge >= 0.3 is 0 Å². The smallest absolute Gasteiger partial charge is 0.0953 e. The third kappa shape index (κ3) is 2.77. The SMILES string of the molecule is CC(N)c1cc(Cl)c2cccnc2c1N1CCN(C2CCC2)CC1. The van der Waals surface area contributed by atoms with Gasteiger partial charge < -0.3 is 10.6 Å². The number of anilines is 1. The first kappa shape index (κ1) is 16.1. The van der Waals surface area contributed by atoms with Gasteiger partial charge in [0.2, 0.25) is 0 Å². The molecule has 5 heteroatoms. The van der Waals surface area contributed by atoms with E-state index >= 15 is 0 Å². The Morgan fingerprint density at radius 1 is 1.25 bits per heavy atom. The summed E-state index contributed by atoms with van der Waals surface area (Å²) in [6, 6.07) is 6.78. The second kappa shape index (κ2) is 6.51. The molecular formula is C19H25ClN4. The molecule has 1 aromatic heterocycles. The molecule has 1 aromatic carbocycles. The summed E-state index contributed by atoms with van der Waals surface area (Å²) in [6.07, 6.45) is 5.98. The second-order valence-corrected chi connectivity index (χ2v) is 7.50. The van der Waals surface area contributed by atoms with Gasteiger partial charge in [0.25, 0.3) is 0 Å². The number of fused-ring (bicyclic) bond motifs is 1. The van der Waals surface area contributed by atoms with E-state index in [1.807, 2.05) is 31.3 Å². The molecule has 1 aliphatic heterocycles. The van der Waals surface area contributed by atoms with Crippen molar-refractivity contribution in [2.45, 2.75) is 38.3 Å². The van der Waals surface area contributed by atoms with Crippen LogP contribution in [0, 0.1) is 0 Å². The van der Waals surface area contributed by atoms with Crippen LogP contribution in [0.5, 0.6) is 0 Å². The van der Waals surface area contributed by atoms with E-state index in [1.165, 1.54) is 24.9 Å². The number of hydrogen-bond donors (Lipinski definition) is 1. The van der Waals surface area contributed by atoms with Gasteiger partial charge in [-0.2, -0.15) is 0 Å². The molecule has 1 aliphatic carbocycles. The Balaban J connectivity index is 1.70. The van der Waals surface area contributed by atoms with Crippen molar-refractivity contribution >= 4 is 28.2 Å². The van der Waals surface area contributed by atoms with Gasteiger partial charge in [0.1, 0.15) is 0 Å². The van der Waals surface area contributed by atoms with Gasteiger partial charge in [-0.05, 0) is 43.5 Å². The fourth-order valence-corrected chi connectivity index (χ4v) is 4.22. The zero-order valence-corrected chi connectivity index (χ0v) is 15.0. The van der Waals surface area contributed by atoms with Gasteiger partial charge in [-0.1, -0.05) is 18.0 Å². The molecule has 1 atom stereocenters. The Bertz CT molecular complexity index is 733. The fraction of sp³-hybridized carbons (Fsp3) is 0.526. The molecule has 2 heterocycles. The summed E-state index contributed by atoms with van der Waals surface area (Å²) in [7, 11) is 0. The zero-order chi connectivity index (χ0) is 16.7. The second-order valence-electron chi connectivity index (χ2n) is 7.09. The summed E-state index contributed by atoms with van der Waals surface area (Å²) in [4.78, 5) is 9.75. The van der Waals surface area contributed by atoms with Crippen LogP contribution in [0.4, 0.5) is 5.69 Å². The Labute approximate surface area is 148 Å². The van der Waals surface area contributed by atoms with E-state index in [2.05, 4.69) is 14.8 Å². The van der Waals surface area contributed by atoms with E-state index in [0.29, 0.717) is 0 Å². The molecule has 2 fully saturated rings. The molecule has 24 heavy (non-hydrogen) atoms. The van der Waals surface area contributed by atoms with Crippen molar-refractivity contribution in [2.75, 3.05) is 31.1 Å². The molecule has 2 aliphatic rings. The van der Waals surface area contributed by atoms with E-state index < -0.39 is 0 Å². The predicted octanol–water partition coefficient (Wildman–Crippen LogP) is 3.58.